The van der Waals surface area contributed by atoms with Gasteiger partial charge in [0.2, 0.25) is 5.52 Å². The van der Waals surface area contributed by atoms with Crippen LogP contribution in [0.4, 0.5) is 5.95 Å². The van der Waals surface area contributed by atoms with Gasteiger partial charge in [-0.15, -0.1) is 0 Å². The monoisotopic (exact) mass is 629 g/mol. The minimum atomic E-state index is -4.73. The summed E-state index contributed by atoms with van der Waals surface area (Å²) < 4.78 is 48.1. The molecule has 12 heteroatoms. The van der Waals surface area contributed by atoms with Crippen LogP contribution in [0, 0.1) is 34.5 Å². The van der Waals surface area contributed by atoms with E-state index < -0.39 is 10.4 Å². The lowest BCUT2D eigenvalue weighted by molar-refractivity contribution is -0.647. The molecule has 5 atom stereocenters. The molecule has 0 aliphatic heterocycles. The second-order valence-corrected chi connectivity index (χ2v) is 15.1. The molecule has 3 heterocycles. The van der Waals surface area contributed by atoms with Gasteiger partial charge in [-0.3, -0.25) is 13.9 Å². The highest BCUT2D eigenvalue weighted by Crippen LogP contribution is 2.64. The Hall–Kier alpha value is -3.12. The molecule has 3 aliphatic carbocycles. The minimum absolute atomic E-state index is 0.110. The van der Waals surface area contributed by atoms with E-state index in [2.05, 4.69) is 29.9 Å². The van der Waals surface area contributed by atoms with Crippen LogP contribution < -0.4 is 15.9 Å². The van der Waals surface area contributed by atoms with Gasteiger partial charge in [-0.05, 0) is 103 Å². The van der Waals surface area contributed by atoms with Crippen molar-refractivity contribution < 1.29 is 26.1 Å². The Kier molecular flexibility index (Phi) is 8.80. The summed E-state index contributed by atoms with van der Waals surface area (Å²) in [6.45, 7) is 7.31. The van der Waals surface area contributed by atoms with Crippen LogP contribution in [-0.2, 0) is 42.1 Å². The van der Waals surface area contributed by atoms with E-state index in [1.54, 1.807) is 35.0 Å². The van der Waals surface area contributed by atoms with Crippen LogP contribution >= 0.6 is 0 Å². The number of imidazole rings is 1. The van der Waals surface area contributed by atoms with Crippen LogP contribution in [0.25, 0.3) is 11.2 Å². The Labute approximate surface area is 260 Å². The van der Waals surface area contributed by atoms with Gasteiger partial charge in [0.1, 0.15) is 6.26 Å². The molecule has 0 bridgehead atoms. The first-order valence-electron chi connectivity index (χ1n) is 15.6. The average Bonchev–Trinajstić information content (AvgIpc) is 3.56. The third-order valence-corrected chi connectivity index (χ3v) is 11.5. The Morgan fingerprint density at radius 3 is 2.64 bits per heavy atom. The summed E-state index contributed by atoms with van der Waals surface area (Å²) in [4.78, 5) is 15.9. The Morgan fingerprint density at radius 1 is 1.20 bits per heavy atom. The molecule has 3 saturated carbocycles. The van der Waals surface area contributed by atoms with E-state index >= 15 is 0 Å². The van der Waals surface area contributed by atoms with Gasteiger partial charge in [-0.25, -0.2) is 13.0 Å². The number of nitrogen functional groups attached to an aromatic ring is 1. The van der Waals surface area contributed by atoms with E-state index in [9.17, 15) is 17.8 Å². The third kappa shape index (κ3) is 6.20. The molecule has 0 radical (unpaired) electrons. The fourth-order valence-electron chi connectivity index (χ4n) is 8.93. The zero-order chi connectivity index (χ0) is 32.0. The van der Waals surface area contributed by atoms with Crippen molar-refractivity contribution in [2.75, 3.05) is 5.73 Å². The van der Waals surface area contributed by atoms with Gasteiger partial charge in [-0.1, -0.05) is 32.2 Å². The molecule has 3 aliphatic rings. The predicted molar refractivity (Wildman–Crippen MR) is 166 cm³/mol. The summed E-state index contributed by atoms with van der Waals surface area (Å²) >= 11 is 0. The van der Waals surface area contributed by atoms with Crippen LogP contribution in [0.3, 0.4) is 0 Å². The predicted octanol–water partition coefficient (Wildman–Crippen LogP) is 4.52. The summed E-state index contributed by atoms with van der Waals surface area (Å²) in [5.41, 5.74) is 9.30. The maximum absolute atomic E-state index is 11.8. The van der Waals surface area contributed by atoms with E-state index in [0.29, 0.717) is 22.5 Å². The highest BCUT2D eigenvalue weighted by atomic mass is 32.3. The van der Waals surface area contributed by atoms with Crippen LogP contribution in [0.1, 0.15) is 77.7 Å². The minimum Gasteiger partial charge on any atom is -0.716 e. The molecule has 0 amide bonds. The molecule has 3 aromatic heterocycles. The number of hydrogen-bond donors (Lipinski definition) is 1. The molecular formula is C32H47N5O6S. The lowest BCUT2D eigenvalue weighted by Gasteiger charge is -2.61. The summed E-state index contributed by atoms with van der Waals surface area (Å²) in [5.74, 6) is 2.62. The summed E-state index contributed by atoms with van der Waals surface area (Å²) in [5, 5.41) is 0. The topological polar surface area (TPSA) is 149 Å². The molecule has 6 rings (SSSR count). The van der Waals surface area contributed by atoms with Gasteiger partial charge in [0.15, 0.2) is 6.33 Å². The van der Waals surface area contributed by atoms with Crippen molar-refractivity contribution in [2.45, 2.75) is 78.6 Å². The number of furan rings is 1. The van der Waals surface area contributed by atoms with Gasteiger partial charge in [0, 0.05) is 7.05 Å². The number of aryl methyl sites for hydroxylation is 3. The molecule has 0 aromatic carbocycles. The SMILES string of the molecule is CC1(C)CCCC2C1CC[C@@]1(C)C2CC/C(=C\OS(=O)(=O)[O-])[C@@H]1CCc1ccoc1.Cn1c(N)nc2c(c1=O)n(C)c[n+]2C. The highest BCUT2D eigenvalue weighted by Gasteiger charge is 2.56. The standard InChI is InChI=1S/C24H36O5S.C8H11N5O/c1-23(2)12-4-5-19-21(23)10-13-24(3)20(8-6-17-11-14-28-15-17)18(7-9-22(19)24)16-29-30(25,26)27;1-11-4-12(2)6-5(11)7(14)13(3)8(9)10-6/h11,14-16,19-22H,4-10,12-13H2,1-3H3,(H,25,26,27);4H,1-3H3,(H-,9,10,14)/b18-16+;/t19?,20-,21?,22?,24+;/m0./s1. The maximum atomic E-state index is 11.8. The molecule has 3 unspecified atom stereocenters. The highest BCUT2D eigenvalue weighted by molar-refractivity contribution is 7.80. The van der Waals surface area contributed by atoms with Crippen molar-refractivity contribution in [3.8, 4) is 0 Å². The maximum Gasteiger partial charge on any atom is 0.311 e. The van der Waals surface area contributed by atoms with E-state index in [1.165, 1.54) is 36.5 Å². The normalized spacial score (nSPS) is 29.0. The van der Waals surface area contributed by atoms with E-state index in [0.717, 1.165) is 55.1 Å². The van der Waals surface area contributed by atoms with Crippen LogP contribution in [-0.4, -0.2) is 27.1 Å². The number of allylic oxidation sites excluding steroid dienone is 1. The van der Waals surface area contributed by atoms with Crippen molar-refractivity contribution >= 4 is 27.5 Å². The first-order valence-corrected chi connectivity index (χ1v) is 17.0. The van der Waals surface area contributed by atoms with Crippen LogP contribution in [0.2, 0.25) is 0 Å². The van der Waals surface area contributed by atoms with Crippen molar-refractivity contribution in [3.63, 3.8) is 0 Å². The number of anilines is 1. The van der Waals surface area contributed by atoms with E-state index in [-0.39, 0.29) is 22.8 Å². The number of nitrogens with two attached hydrogens (primary N) is 1. The summed E-state index contributed by atoms with van der Waals surface area (Å²) in [7, 11) is 0.513. The van der Waals surface area contributed by atoms with Crippen molar-refractivity contribution in [2.24, 2.45) is 55.6 Å². The zero-order valence-corrected chi connectivity index (χ0v) is 27.6. The van der Waals surface area contributed by atoms with Crippen LogP contribution in [0.15, 0.2) is 46.0 Å². The Bertz CT molecular complexity index is 1690. The molecular weight excluding hydrogens is 582 g/mol. The van der Waals surface area contributed by atoms with E-state index in [4.69, 9.17) is 10.2 Å². The Morgan fingerprint density at radius 2 is 1.95 bits per heavy atom. The molecule has 11 nitrogen and oxygen atoms in total. The molecule has 0 spiro atoms. The van der Waals surface area contributed by atoms with Crippen molar-refractivity contribution in [1.82, 2.24) is 14.1 Å². The molecule has 2 N–H and O–H groups in total. The van der Waals surface area contributed by atoms with Gasteiger partial charge in [0.25, 0.3) is 16.3 Å². The number of fused-ring (bicyclic) bond motifs is 4. The molecule has 0 saturated heterocycles. The molecule has 242 valence electrons. The van der Waals surface area contributed by atoms with Crippen LogP contribution in [0.5, 0.6) is 0 Å². The van der Waals surface area contributed by atoms with Gasteiger partial charge >= 0.3 is 11.2 Å². The fourth-order valence-corrected chi connectivity index (χ4v) is 9.17. The molecule has 3 fully saturated rings. The summed E-state index contributed by atoms with van der Waals surface area (Å²) in [6.07, 6.45) is 16.5. The van der Waals surface area contributed by atoms with Gasteiger partial charge in [-0.2, -0.15) is 0 Å². The van der Waals surface area contributed by atoms with Gasteiger partial charge in [0.05, 0.1) is 26.6 Å². The number of hydrogen-bond acceptors (Lipinski definition) is 8. The van der Waals surface area contributed by atoms with Gasteiger partial charge < -0.3 is 18.9 Å². The molecule has 3 aromatic rings. The second-order valence-electron chi connectivity index (χ2n) is 14.1. The van der Waals surface area contributed by atoms with Crippen molar-refractivity contribution in [3.05, 3.63) is 52.7 Å². The average molecular weight is 630 g/mol. The fraction of sp³-hybridized carbons (Fsp3) is 0.656. The lowest BCUT2D eigenvalue weighted by Crippen LogP contribution is -2.53. The largest absolute Gasteiger partial charge is 0.716 e. The first-order chi connectivity index (χ1) is 20.6. The lowest BCUT2D eigenvalue weighted by atomic mass is 9.44. The number of nitrogens with zero attached hydrogens (tertiary/aromatic N) is 4. The number of rotatable bonds is 5. The number of aromatic nitrogens is 4. The smallest absolute Gasteiger partial charge is 0.311 e. The van der Waals surface area contributed by atoms with E-state index in [1.807, 2.05) is 20.2 Å². The third-order valence-electron chi connectivity index (χ3n) is 11.2. The summed E-state index contributed by atoms with van der Waals surface area (Å²) in [6, 6.07) is 1.99. The van der Waals surface area contributed by atoms with Crippen molar-refractivity contribution in [1.29, 1.82) is 0 Å². The Balaban J connectivity index is 0.000000229. The first kappa shape index (κ1) is 32.3. The molecule has 44 heavy (non-hydrogen) atoms. The second kappa shape index (κ2) is 12.0. The zero-order valence-electron chi connectivity index (χ0n) is 26.8. The quantitative estimate of drug-likeness (QED) is 0.187.